The number of rotatable bonds is 3. The van der Waals surface area contributed by atoms with Gasteiger partial charge in [-0.15, -0.1) is 0 Å². The predicted molar refractivity (Wildman–Crippen MR) is 62.7 cm³/mol. The van der Waals surface area contributed by atoms with Gasteiger partial charge in [0.1, 0.15) is 19.0 Å². The van der Waals surface area contributed by atoms with Crippen LogP contribution in [-0.2, 0) is 15.7 Å². The minimum Gasteiger partial charge on any atom is -0.490 e. The maximum atomic E-state index is 12.6. The van der Waals surface area contributed by atoms with Crippen LogP contribution in [0.2, 0.25) is 0 Å². The van der Waals surface area contributed by atoms with Crippen LogP contribution >= 0.6 is 15.9 Å². The molecule has 6 heteroatoms. The van der Waals surface area contributed by atoms with Crippen molar-refractivity contribution in [2.45, 2.75) is 19.2 Å². The van der Waals surface area contributed by atoms with Gasteiger partial charge in [0.2, 0.25) is 0 Å². The highest BCUT2D eigenvalue weighted by Gasteiger charge is 2.31. The van der Waals surface area contributed by atoms with E-state index in [0.29, 0.717) is 22.4 Å². The van der Waals surface area contributed by atoms with Crippen LogP contribution in [0.1, 0.15) is 24.2 Å². The first-order chi connectivity index (χ1) is 8.38. The summed E-state index contributed by atoms with van der Waals surface area (Å²) in [4.78, 5) is 0. The summed E-state index contributed by atoms with van der Waals surface area (Å²) >= 11 is 3.22. The monoisotopic (exact) mass is 322 g/mol. The molecule has 1 aromatic rings. The summed E-state index contributed by atoms with van der Waals surface area (Å²) in [7, 11) is 0. The molecule has 0 aliphatic carbocycles. The molecule has 0 bridgehead atoms. The van der Waals surface area contributed by atoms with E-state index in [1.165, 1.54) is 12.3 Å². The van der Waals surface area contributed by atoms with Gasteiger partial charge in [-0.2, -0.15) is 13.2 Å². The molecule has 98 valence electrons. The molecule has 0 saturated carbocycles. The molecule has 0 aromatic heterocycles. The molecule has 1 fully saturated rings. The normalized spacial score (nSPS) is 18.4. The van der Waals surface area contributed by atoms with Crippen LogP contribution in [0.15, 0.2) is 34.7 Å². The fourth-order valence-electron chi connectivity index (χ4n) is 1.39. The average molecular weight is 323 g/mol. The molecule has 0 amide bonds. The third-order valence-electron chi connectivity index (χ3n) is 2.48. The topological polar surface area (TPSA) is 21.8 Å². The molecule has 1 saturated heterocycles. The highest BCUT2D eigenvalue weighted by molar-refractivity contribution is 9.10. The van der Waals surface area contributed by atoms with Crippen LogP contribution in [0.25, 0.3) is 0 Å². The molecule has 1 aromatic carbocycles. The Labute approximate surface area is 111 Å². The zero-order valence-corrected chi connectivity index (χ0v) is 11.0. The van der Waals surface area contributed by atoms with Gasteiger partial charge >= 0.3 is 6.18 Å². The SMILES string of the molecule is C[C@@H](O/C=C1/CO1)c1cc(C(F)(F)F)ccc1Br. The van der Waals surface area contributed by atoms with Crippen molar-refractivity contribution in [1.82, 2.24) is 0 Å². The maximum Gasteiger partial charge on any atom is 0.416 e. The van der Waals surface area contributed by atoms with Gasteiger partial charge in [-0.3, -0.25) is 0 Å². The van der Waals surface area contributed by atoms with Crippen LogP contribution in [0.5, 0.6) is 0 Å². The average Bonchev–Trinajstić information content (AvgIpc) is 3.08. The van der Waals surface area contributed by atoms with Gasteiger partial charge in [0.25, 0.3) is 0 Å². The van der Waals surface area contributed by atoms with Crippen molar-refractivity contribution in [2.75, 3.05) is 6.61 Å². The molecule has 1 atom stereocenters. The lowest BCUT2D eigenvalue weighted by atomic mass is 10.1. The Morgan fingerprint density at radius 2 is 2.11 bits per heavy atom. The zero-order valence-electron chi connectivity index (χ0n) is 9.42. The van der Waals surface area contributed by atoms with Gasteiger partial charge in [-0.1, -0.05) is 15.9 Å². The number of hydrogen-bond donors (Lipinski definition) is 0. The van der Waals surface area contributed by atoms with Crippen molar-refractivity contribution in [3.63, 3.8) is 0 Å². The number of alkyl halides is 3. The van der Waals surface area contributed by atoms with E-state index in [-0.39, 0.29) is 0 Å². The van der Waals surface area contributed by atoms with Crippen molar-refractivity contribution in [2.24, 2.45) is 0 Å². The second-order valence-electron chi connectivity index (χ2n) is 3.89. The first-order valence-electron chi connectivity index (χ1n) is 5.22. The van der Waals surface area contributed by atoms with E-state index in [4.69, 9.17) is 9.47 Å². The first kappa shape index (κ1) is 13.3. The predicted octanol–water partition coefficient (Wildman–Crippen LogP) is 4.42. The molecule has 18 heavy (non-hydrogen) atoms. The Bertz CT molecular complexity index is 477. The van der Waals surface area contributed by atoms with Crippen molar-refractivity contribution < 1.29 is 22.6 Å². The summed E-state index contributed by atoms with van der Waals surface area (Å²) in [6.07, 6.45) is -3.41. The number of benzene rings is 1. The quantitative estimate of drug-likeness (QED) is 0.607. The lowest BCUT2D eigenvalue weighted by Crippen LogP contribution is -2.07. The van der Waals surface area contributed by atoms with Gasteiger partial charge in [0.15, 0.2) is 5.76 Å². The molecule has 0 radical (unpaired) electrons. The van der Waals surface area contributed by atoms with E-state index in [1.807, 2.05) is 0 Å². The first-order valence-corrected chi connectivity index (χ1v) is 6.01. The van der Waals surface area contributed by atoms with E-state index < -0.39 is 17.8 Å². The third-order valence-corrected chi connectivity index (χ3v) is 3.20. The molecular formula is C12H10BrF3O2. The number of hydrogen-bond acceptors (Lipinski definition) is 2. The van der Waals surface area contributed by atoms with Gasteiger partial charge in [0, 0.05) is 10.0 Å². The Morgan fingerprint density at radius 1 is 1.44 bits per heavy atom. The van der Waals surface area contributed by atoms with Crippen LogP contribution in [0.4, 0.5) is 13.2 Å². The van der Waals surface area contributed by atoms with Crippen molar-refractivity contribution in [3.8, 4) is 0 Å². The largest absolute Gasteiger partial charge is 0.490 e. The molecule has 1 aliphatic heterocycles. The number of epoxide rings is 1. The summed E-state index contributed by atoms with van der Waals surface area (Å²) in [5.41, 5.74) is -0.242. The fourth-order valence-corrected chi connectivity index (χ4v) is 1.96. The summed E-state index contributed by atoms with van der Waals surface area (Å²) in [5, 5.41) is 0. The summed E-state index contributed by atoms with van der Waals surface area (Å²) in [6, 6.07) is 3.49. The fraction of sp³-hybridized carbons (Fsp3) is 0.333. The third kappa shape index (κ3) is 3.19. The Kier molecular flexibility index (Phi) is 3.56. The Balaban J connectivity index is 2.22. The molecule has 0 spiro atoms. The summed E-state index contributed by atoms with van der Waals surface area (Å²) in [6.45, 7) is 2.20. The minimum atomic E-state index is -4.35. The highest BCUT2D eigenvalue weighted by Crippen LogP contribution is 2.35. The number of ether oxygens (including phenoxy) is 2. The Morgan fingerprint density at radius 3 is 2.67 bits per heavy atom. The second-order valence-corrected chi connectivity index (χ2v) is 4.74. The lowest BCUT2D eigenvalue weighted by molar-refractivity contribution is -0.137. The minimum absolute atomic E-state index is 0.447. The summed E-state index contributed by atoms with van der Waals surface area (Å²) in [5.74, 6) is 0.699. The van der Waals surface area contributed by atoms with Crippen LogP contribution in [0.3, 0.4) is 0 Å². The lowest BCUT2D eigenvalue weighted by Gasteiger charge is -2.15. The van der Waals surface area contributed by atoms with Gasteiger partial charge in [0.05, 0.1) is 5.56 Å². The van der Waals surface area contributed by atoms with E-state index in [1.54, 1.807) is 6.92 Å². The molecular weight excluding hydrogens is 313 g/mol. The van der Waals surface area contributed by atoms with Crippen LogP contribution in [-0.4, -0.2) is 6.61 Å². The van der Waals surface area contributed by atoms with Gasteiger partial charge < -0.3 is 9.47 Å². The van der Waals surface area contributed by atoms with E-state index >= 15 is 0 Å². The summed E-state index contributed by atoms with van der Waals surface area (Å²) < 4.78 is 48.5. The van der Waals surface area contributed by atoms with Crippen molar-refractivity contribution in [1.29, 1.82) is 0 Å². The Hall–Kier alpha value is -1.17. The molecule has 2 nitrogen and oxygen atoms in total. The van der Waals surface area contributed by atoms with E-state index in [0.717, 1.165) is 12.1 Å². The van der Waals surface area contributed by atoms with E-state index in [2.05, 4.69) is 15.9 Å². The zero-order chi connectivity index (χ0) is 13.3. The van der Waals surface area contributed by atoms with Crippen LogP contribution in [0, 0.1) is 0 Å². The molecule has 1 heterocycles. The van der Waals surface area contributed by atoms with E-state index in [9.17, 15) is 13.2 Å². The number of halogens is 4. The molecule has 0 unspecified atom stereocenters. The van der Waals surface area contributed by atoms with Gasteiger partial charge in [-0.25, -0.2) is 0 Å². The molecule has 2 rings (SSSR count). The van der Waals surface area contributed by atoms with Crippen molar-refractivity contribution in [3.05, 3.63) is 45.8 Å². The second kappa shape index (κ2) is 4.84. The van der Waals surface area contributed by atoms with Crippen molar-refractivity contribution >= 4 is 15.9 Å². The van der Waals surface area contributed by atoms with Gasteiger partial charge in [-0.05, 0) is 25.1 Å². The maximum absolute atomic E-state index is 12.6. The standard InChI is InChI=1S/C12H10BrF3O2/c1-7(17-5-9-6-18-9)10-4-8(12(14,15)16)2-3-11(10)13/h2-5,7H,6H2,1H3/b9-5-/t7-/m1/s1. The van der Waals surface area contributed by atoms with Crippen LogP contribution < -0.4 is 0 Å². The highest BCUT2D eigenvalue weighted by atomic mass is 79.9. The molecule has 0 N–H and O–H groups in total. The smallest absolute Gasteiger partial charge is 0.416 e. The molecule has 1 aliphatic rings.